The van der Waals surface area contributed by atoms with Crippen LogP contribution in [0.3, 0.4) is 0 Å². The first kappa shape index (κ1) is 19.4. The Kier molecular flexibility index (Phi) is 9.45. The molecule has 0 fully saturated rings. The zero-order chi connectivity index (χ0) is 16.4. The zero-order valence-corrected chi connectivity index (χ0v) is 13.3. The van der Waals surface area contributed by atoms with E-state index in [9.17, 15) is 19.2 Å². The maximum Gasteiger partial charge on any atom is 0.217 e. The fraction of sp³-hybridized carbons (Fsp3) is 0.733. The van der Waals surface area contributed by atoms with Crippen LogP contribution in [-0.4, -0.2) is 42.4 Å². The molecule has 0 aromatic carbocycles. The third kappa shape index (κ3) is 8.34. The second-order valence-electron chi connectivity index (χ2n) is 5.16. The van der Waals surface area contributed by atoms with Crippen LogP contribution in [0.25, 0.3) is 0 Å². The molecular formula is C15H26N2O4. The fourth-order valence-electron chi connectivity index (χ4n) is 2.09. The molecule has 6 nitrogen and oxygen atoms in total. The Bertz CT molecular complexity index is 393. The maximum absolute atomic E-state index is 11.8. The van der Waals surface area contributed by atoms with E-state index in [0.29, 0.717) is 25.7 Å². The molecule has 2 unspecified atom stereocenters. The molecule has 0 saturated carbocycles. The number of nitrogens with one attached hydrogen (secondary N) is 2. The first-order valence-electron chi connectivity index (χ1n) is 7.31. The summed E-state index contributed by atoms with van der Waals surface area (Å²) in [6.07, 6.45) is 1.79. The molecule has 2 atom stereocenters. The van der Waals surface area contributed by atoms with Crippen molar-refractivity contribution in [1.82, 2.24) is 10.6 Å². The van der Waals surface area contributed by atoms with Crippen LogP contribution in [0.5, 0.6) is 0 Å². The largest absolute Gasteiger partial charge is 0.347 e. The number of carbonyl (C=O) groups excluding carboxylic acids is 4. The topological polar surface area (TPSA) is 92.3 Å². The van der Waals surface area contributed by atoms with Crippen molar-refractivity contribution >= 4 is 23.3 Å². The van der Waals surface area contributed by atoms with Crippen molar-refractivity contribution < 1.29 is 19.2 Å². The highest BCUT2D eigenvalue weighted by Gasteiger charge is 2.19. The minimum absolute atomic E-state index is 0.0185. The molecule has 0 bridgehead atoms. The van der Waals surface area contributed by atoms with Gasteiger partial charge in [0, 0.05) is 26.2 Å². The Morgan fingerprint density at radius 2 is 1.67 bits per heavy atom. The summed E-state index contributed by atoms with van der Waals surface area (Å²) in [6.45, 7) is 4.55. The predicted octanol–water partition coefficient (Wildman–Crippen LogP) is 0.777. The van der Waals surface area contributed by atoms with Gasteiger partial charge in [-0.1, -0.05) is 6.92 Å². The minimum atomic E-state index is -0.520. The smallest absolute Gasteiger partial charge is 0.217 e. The Balaban J connectivity index is 4.24. The molecule has 6 heteroatoms. The van der Waals surface area contributed by atoms with Gasteiger partial charge in [0.05, 0.1) is 12.1 Å². The highest BCUT2D eigenvalue weighted by Crippen LogP contribution is 2.07. The summed E-state index contributed by atoms with van der Waals surface area (Å²) in [6, 6.07) is -0.964. The SMILES string of the molecule is CCC(=O)C(CCCC(=O)CC(NC)C(C)=O)NC(C)=O. The molecule has 0 aliphatic carbocycles. The molecule has 0 spiro atoms. The van der Waals surface area contributed by atoms with Gasteiger partial charge in [0.25, 0.3) is 0 Å². The van der Waals surface area contributed by atoms with E-state index in [1.54, 1.807) is 14.0 Å². The van der Waals surface area contributed by atoms with Crippen LogP contribution < -0.4 is 10.6 Å². The lowest BCUT2D eigenvalue weighted by molar-refractivity contribution is -0.127. The molecule has 0 heterocycles. The zero-order valence-electron chi connectivity index (χ0n) is 13.3. The number of hydrogen-bond acceptors (Lipinski definition) is 5. The Morgan fingerprint density at radius 1 is 1.05 bits per heavy atom. The molecule has 2 N–H and O–H groups in total. The van der Waals surface area contributed by atoms with E-state index in [2.05, 4.69) is 10.6 Å². The molecule has 0 aliphatic heterocycles. The van der Waals surface area contributed by atoms with Crippen LogP contribution in [0, 0.1) is 0 Å². The van der Waals surface area contributed by atoms with Crippen molar-refractivity contribution in [3.63, 3.8) is 0 Å². The standard InChI is InChI=1S/C15H26N2O4/c1-5-15(21)13(17-11(3)19)8-6-7-12(20)9-14(16-4)10(2)18/h13-14,16H,5-9H2,1-4H3,(H,17,19). The molecule has 0 aliphatic rings. The molecule has 1 amide bonds. The van der Waals surface area contributed by atoms with Crippen LogP contribution in [0.1, 0.15) is 52.9 Å². The van der Waals surface area contributed by atoms with Gasteiger partial charge in [-0.2, -0.15) is 0 Å². The summed E-state index contributed by atoms with van der Waals surface area (Å²) >= 11 is 0. The molecule has 120 valence electrons. The van der Waals surface area contributed by atoms with E-state index in [1.807, 2.05) is 0 Å². The van der Waals surface area contributed by atoms with Crippen LogP contribution >= 0.6 is 0 Å². The summed E-state index contributed by atoms with van der Waals surface area (Å²) in [5.74, 6) is -0.368. The summed E-state index contributed by atoms with van der Waals surface area (Å²) in [5.41, 5.74) is 0. The fourth-order valence-corrected chi connectivity index (χ4v) is 2.09. The van der Waals surface area contributed by atoms with E-state index in [-0.39, 0.29) is 29.7 Å². The number of carbonyl (C=O) groups is 4. The third-order valence-electron chi connectivity index (χ3n) is 3.33. The molecule has 0 radical (unpaired) electrons. The number of Topliss-reactive ketones (excluding diaryl/α,β-unsaturated/α-hetero) is 3. The summed E-state index contributed by atoms with van der Waals surface area (Å²) in [7, 11) is 1.64. The number of ketones is 3. The van der Waals surface area contributed by atoms with E-state index in [0.717, 1.165) is 0 Å². The second kappa shape index (κ2) is 10.2. The van der Waals surface area contributed by atoms with Crippen LogP contribution in [-0.2, 0) is 19.2 Å². The van der Waals surface area contributed by atoms with Gasteiger partial charge in [-0.15, -0.1) is 0 Å². The van der Waals surface area contributed by atoms with Crippen molar-refractivity contribution in [2.24, 2.45) is 0 Å². The van der Waals surface area contributed by atoms with Gasteiger partial charge in [-0.3, -0.25) is 19.2 Å². The molecule has 0 aromatic rings. The van der Waals surface area contributed by atoms with Gasteiger partial charge in [0.1, 0.15) is 11.6 Å². The molecule has 21 heavy (non-hydrogen) atoms. The first-order valence-corrected chi connectivity index (χ1v) is 7.31. The van der Waals surface area contributed by atoms with E-state index >= 15 is 0 Å². The Hall–Kier alpha value is -1.56. The van der Waals surface area contributed by atoms with Gasteiger partial charge in [-0.25, -0.2) is 0 Å². The lowest BCUT2D eigenvalue weighted by atomic mass is 9.99. The summed E-state index contributed by atoms with van der Waals surface area (Å²) < 4.78 is 0. The summed E-state index contributed by atoms with van der Waals surface area (Å²) in [5, 5.41) is 5.41. The monoisotopic (exact) mass is 298 g/mol. The maximum atomic E-state index is 11.8. The number of rotatable bonds is 11. The highest BCUT2D eigenvalue weighted by atomic mass is 16.2. The van der Waals surface area contributed by atoms with Crippen LogP contribution in [0.4, 0.5) is 0 Å². The molecule has 0 rings (SSSR count). The Morgan fingerprint density at radius 3 is 2.10 bits per heavy atom. The van der Waals surface area contributed by atoms with Gasteiger partial charge in [-0.05, 0) is 26.8 Å². The third-order valence-corrected chi connectivity index (χ3v) is 3.33. The van der Waals surface area contributed by atoms with Crippen molar-refractivity contribution in [3.8, 4) is 0 Å². The first-order chi connectivity index (χ1) is 9.81. The number of hydrogen-bond donors (Lipinski definition) is 2. The van der Waals surface area contributed by atoms with E-state index in [1.165, 1.54) is 13.8 Å². The average Bonchev–Trinajstić information content (AvgIpc) is 2.41. The second-order valence-corrected chi connectivity index (χ2v) is 5.16. The minimum Gasteiger partial charge on any atom is -0.347 e. The predicted molar refractivity (Wildman–Crippen MR) is 79.9 cm³/mol. The Labute approximate surface area is 126 Å². The van der Waals surface area contributed by atoms with E-state index in [4.69, 9.17) is 0 Å². The molecule has 0 saturated heterocycles. The van der Waals surface area contributed by atoms with Crippen molar-refractivity contribution in [2.45, 2.75) is 65.0 Å². The van der Waals surface area contributed by atoms with Gasteiger partial charge in [0.2, 0.25) is 5.91 Å². The van der Waals surface area contributed by atoms with Gasteiger partial charge in [0.15, 0.2) is 5.78 Å². The van der Waals surface area contributed by atoms with Crippen LogP contribution in [0.15, 0.2) is 0 Å². The normalized spacial score (nSPS) is 13.3. The van der Waals surface area contributed by atoms with E-state index < -0.39 is 12.1 Å². The molecule has 0 aromatic heterocycles. The lowest BCUT2D eigenvalue weighted by Gasteiger charge is -2.16. The van der Waals surface area contributed by atoms with Gasteiger partial charge < -0.3 is 10.6 Å². The lowest BCUT2D eigenvalue weighted by Crippen LogP contribution is -2.39. The molecular weight excluding hydrogens is 272 g/mol. The van der Waals surface area contributed by atoms with Crippen LogP contribution in [0.2, 0.25) is 0 Å². The van der Waals surface area contributed by atoms with Crippen molar-refractivity contribution in [2.75, 3.05) is 7.05 Å². The highest BCUT2D eigenvalue weighted by molar-refractivity contribution is 5.89. The van der Waals surface area contributed by atoms with Crippen molar-refractivity contribution in [3.05, 3.63) is 0 Å². The van der Waals surface area contributed by atoms with Crippen molar-refractivity contribution in [1.29, 1.82) is 0 Å². The number of likely N-dealkylation sites (N-methyl/N-ethyl adjacent to an activating group) is 1. The summed E-state index contributed by atoms with van der Waals surface area (Å²) in [4.78, 5) is 45.8. The number of amides is 1. The quantitative estimate of drug-likeness (QED) is 0.588. The van der Waals surface area contributed by atoms with Gasteiger partial charge >= 0.3 is 0 Å². The average molecular weight is 298 g/mol.